The highest BCUT2D eigenvalue weighted by molar-refractivity contribution is 8.03. The van der Waals surface area contributed by atoms with E-state index in [0.717, 1.165) is 11.1 Å². The molecule has 1 unspecified atom stereocenters. The monoisotopic (exact) mass is 315 g/mol. The fourth-order valence-corrected chi connectivity index (χ4v) is 2.86. The molecule has 0 amide bonds. The van der Waals surface area contributed by atoms with Gasteiger partial charge < -0.3 is 14.9 Å². The van der Waals surface area contributed by atoms with Crippen LogP contribution in [-0.4, -0.2) is 22.6 Å². The molecule has 0 fully saturated rings. The number of nitriles is 1. The van der Waals surface area contributed by atoms with Gasteiger partial charge in [0.05, 0.1) is 6.61 Å². The Bertz CT molecular complexity index is 665. The van der Waals surface area contributed by atoms with Gasteiger partial charge in [-0.1, -0.05) is 18.2 Å². The van der Waals surface area contributed by atoms with Crippen LogP contribution in [0, 0.1) is 10.7 Å². The van der Waals surface area contributed by atoms with E-state index in [4.69, 9.17) is 10.00 Å². The number of benzene rings is 2. The summed E-state index contributed by atoms with van der Waals surface area (Å²) in [6, 6.07) is 12.2. The molecule has 2 aromatic carbocycles. The maximum absolute atomic E-state index is 9.82. The zero-order chi connectivity index (χ0) is 15.9. The molecule has 2 rings (SSSR count). The van der Waals surface area contributed by atoms with E-state index in [1.54, 1.807) is 24.3 Å². The summed E-state index contributed by atoms with van der Waals surface area (Å²) >= 11 is 1.17. The second kappa shape index (κ2) is 7.62. The van der Waals surface area contributed by atoms with Crippen molar-refractivity contribution in [2.75, 3.05) is 12.4 Å². The maximum Gasteiger partial charge on any atom is 0.161 e. The summed E-state index contributed by atoms with van der Waals surface area (Å²) < 4.78 is 5.43. The average Bonchev–Trinajstić information content (AvgIpc) is 2.52. The first kappa shape index (κ1) is 16.1. The molecule has 0 radical (unpaired) electrons. The van der Waals surface area contributed by atoms with Gasteiger partial charge in [-0.25, -0.2) is 0 Å². The van der Waals surface area contributed by atoms with Crippen molar-refractivity contribution in [3.8, 4) is 22.6 Å². The predicted molar refractivity (Wildman–Crippen MR) is 87.3 cm³/mol. The Hall–Kier alpha value is -2.32. The van der Waals surface area contributed by atoms with Gasteiger partial charge in [-0.2, -0.15) is 5.26 Å². The molecule has 0 spiro atoms. The second-order valence-corrected chi connectivity index (χ2v) is 5.51. The Balaban J connectivity index is 2.38. The molecular weight excluding hydrogens is 298 g/mol. The molecule has 22 heavy (non-hydrogen) atoms. The molecule has 0 aromatic heterocycles. The van der Waals surface area contributed by atoms with Crippen molar-refractivity contribution in [2.45, 2.75) is 12.8 Å². The van der Waals surface area contributed by atoms with Crippen molar-refractivity contribution in [3.05, 3.63) is 53.6 Å². The summed E-state index contributed by atoms with van der Waals surface area (Å²) in [6.45, 7) is 2.32. The molecule has 1 atom stereocenters. The highest BCUT2D eigenvalue weighted by Crippen LogP contribution is 2.35. The summed E-state index contributed by atoms with van der Waals surface area (Å²) in [7, 11) is 0. The predicted octanol–water partition coefficient (Wildman–Crippen LogP) is 3.84. The topological polar surface area (TPSA) is 73.5 Å². The first-order chi connectivity index (χ1) is 10.7. The lowest BCUT2D eigenvalue weighted by Gasteiger charge is -2.18. The molecule has 114 valence electrons. The van der Waals surface area contributed by atoms with E-state index < -0.39 is 0 Å². The average molecular weight is 315 g/mol. The number of aromatic hydroxyl groups is 2. The zero-order valence-corrected chi connectivity index (χ0v) is 13.0. The summed E-state index contributed by atoms with van der Waals surface area (Å²) in [5.74, 6) is 1.30. The second-order valence-electron chi connectivity index (χ2n) is 4.71. The third-order valence-electron chi connectivity index (χ3n) is 3.30. The van der Waals surface area contributed by atoms with Crippen LogP contribution < -0.4 is 4.74 Å². The van der Waals surface area contributed by atoms with Gasteiger partial charge in [0.1, 0.15) is 11.2 Å². The van der Waals surface area contributed by atoms with Gasteiger partial charge in [-0.3, -0.25) is 0 Å². The number of ether oxygens (including phenoxy) is 1. The first-order valence-corrected chi connectivity index (χ1v) is 7.89. The van der Waals surface area contributed by atoms with E-state index >= 15 is 0 Å². The van der Waals surface area contributed by atoms with Crippen LogP contribution in [0.25, 0.3) is 0 Å². The minimum atomic E-state index is -0.0231. The Morgan fingerprint density at radius 2 is 1.82 bits per heavy atom. The molecule has 0 aliphatic carbocycles. The largest absolute Gasteiger partial charge is 0.508 e. The van der Waals surface area contributed by atoms with Crippen LogP contribution in [0.3, 0.4) is 0 Å². The van der Waals surface area contributed by atoms with Crippen LogP contribution in [0.5, 0.6) is 17.2 Å². The quantitative estimate of drug-likeness (QED) is 0.792. The molecule has 0 aliphatic heterocycles. The van der Waals surface area contributed by atoms with Crippen LogP contribution in [0.15, 0.2) is 42.5 Å². The molecule has 0 saturated heterocycles. The Labute approximate surface area is 134 Å². The minimum absolute atomic E-state index is 0.0231. The summed E-state index contributed by atoms with van der Waals surface area (Å²) in [5, 5.41) is 30.2. The molecule has 2 aromatic rings. The van der Waals surface area contributed by atoms with Gasteiger partial charge in [0.2, 0.25) is 0 Å². The lowest BCUT2D eigenvalue weighted by Crippen LogP contribution is -2.04. The fraction of sp³-hybridized carbons (Fsp3) is 0.235. The molecule has 0 heterocycles. The van der Waals surface area contributed by atoms with Gasteiger partial charge in [0, 0.05) is 11.7 Å². The summed E-state index contributed by atoms with van der Waals surface area (Å²) in [4.78, 5) is 0. The number of thiocyanates is 1. The van der Waals surface area contributed by atoms with Gasteiger partial charge >= 0.3 is 0 Å². The van der Waals surface area contributed by atoms with Crippen molar-refractivity contribution in [1.82, 2.24) is 0 Å². The molecule has 0 saturated carbocycles. The minimum Gasteiger partial charge on any atom is -0.508 e. The Morgan fingerprint density at radius 1 is 1.14 bits per heavy atom. The van der Waals surface area contributed by atoms with Crippen molar-refractivity contribution in [3.63, 3.8) is 0 Å². The molecule has 0 bridgehead atoms. The van der Waals surface area contributed by atoms with Gasteiger partial charge in [-0.05, 0) is 54.1 Å². The van der Waals surface area contributed by atoms with Gasteiger partial charge in [0.15, 0.2) is 11.5 Å². The molecule has 5 heteroatoms. The van der Waals surface area contributed by atoms with Crippen LogP contribution in [0.1, 0.15) is 24.0 Å². The Kier molecular flexibility index (Phi) is 5.56. The third kappa shape index (κ3) is 3.86. The van der Waals surface area contributed by atoms with Gasteiger partial charge in [-0.15, -0.1) is 0 Å². The zero-order valence-electron chi connectivity index (χ0n) is 12.2. The highest BCUT2D eigenvalue weighted by Gasteiger charge is 2.17. The van der Waals surface area contributed by atoms with Gasteiger partial charge in [0.25, 0.3) is 0 Å². The molecule has 2 N–H and O–H groups in total. The maximum atomic E-state index is 9.82. The van der Waals surface area contributed by atoms with E-state index in [2.05, 4.69) is 5.40 Å². The van der Waals surface area contributed by atoms with Crippen LogP contribution >= 0.6 is 11.8 Å². The highest BCUT2D eigenvalue weighted by atomic mass is 32.2. The SMILES string of the molecule is CCOc1cc(C(CSC#N)c2ccc(O)cc2)ccc1O. The third-order valence-corrected chi connectivity index (χ3v) is 3.93. The standard InChI is InChI=1S/C17H17NO3S/c1-2-21-17-9-13(5-8-16(17)20)15(10-22-11-18)12-3-6-14(19)7-4-12/h3-9,15,19-20H,2,10H2,1H3. The number of phenolic OH excluding ortho intramolecular Hbond substituents is 2. The van der Waals surface area contributed by atoms with Crippen LogP contribution in [0.2, 0.25) is 0 Å². The summed E-state index contributed by atoms with van der Waals surface area (Å²) in [6.07, 6.45) is 0. The number of nitrogens with zero attached hydrogens (tertiary/aromatic N) is 1. The van der Waals surface area contributed by atoms with Crippen molar-refractivity contribution in [2.24, 2.45) is 0 Å². The number of hydrogen-bond acceptors (Lipinski definition) is 5. The van der Waals surface area contributed by atoms with E-state index in [1.807, 2.05) is 25.1 Å². The van der Waals surface area contributed by atoms with Crippen LogP contribution in [-0.2, 0) is 0 Å². The number of phenols is 2. The smallest absolute Gasteiger partial charge is 0.161 e. The normalized spacial score (nSPS) is 11.6. The van der Waals surface area contributed by atoms with E-state index in [0.29, 0.717) is 18.1 Å². The lowest BCUT2D eigenvalue weighted by molar-refractivity contribution is 0.317. The van der Waals surface area contributed by atoms with E-state index in [9.17, 15) is 10.2 Å². The van der Waals surface area contributed by atoms with Crippen LogP contribution in [0.4, 0.5) is 0 Å². The molecule has 0 aliphatic rings. The molecular formula is C17H17NO3S. The van der Waals surface area contributed by atoms with E-state index in [1.165, 1.54) is 11.8 Å². The number of hydrogen-bond donors (Lipinski definition) is 2. The first-order valence-electron chi connectivity index (χ1n) is 6.91. The van der Waals surface area contributed by atoms with Crippen molar-refractivity contribution >= 4 is 11.8 Å². The number of thioether (sulfide) groups is 1. The lowest BCUT2D eigenvalue weighted by atomic mass is 9.92. The number of rotatable bonds is 6. The van der Waals surface area contributed by atoms with Crippen molar-refractivity contribution < 1.29 is 14.9 Å². The van der Waals surface area contributed by atoms with Crippen molar-refractivity contribution in [1.29, 1.82) is 5.26 Å². The Morgan fingerprint density at radius 3 is 2.45 bits per heavy atom. The summed E-state index contributed by atoms with van der Waals surface area (Å²) in [5.41, 5.74) is 1.95. The van der Waals surface area contributed by atoms with E-state index in [-0.39, 0.29) is 17.4 Å². The fourth-order valence-electron chi connectivity index (χ4n) is 2.23. The molecule has 4 nitrogen and oxygen atoms in total.